The molecule has 1 heterocycles. The number of hydrogen-bond donors (Lipinski definition) is 2. The zero-order valence-corrected chi connectivity index (χ0v) is 15.9. The number of likely N-dealkylation sites (N-methyl/N-ethyl adjacent to an activating group) is 1. The Morgan fingerprint density at radius 1 is 1.31 bits per heavy atom. The Bertz CT molecular complexity index is 880. The third kappa shape index (κ3) is 3.15. The van der Waals surface area contributed by atoms with E-state index >= 15 is 0 Å². The highest BCUT2D eigenvalue weighted by Crippen LogP contribution is 2.38. The molecule has 1 unspecified atom stereocenters. The van der Waals surface area contributed by atoms with Crippen LogP contribution in [0, 0.1) is 11.3 Å². The van der Waals surface area contributed by atoms with Crippen molar-refractivity contribution in [3.05, 3.63) is 51.4 Å². The lowest BCUT2D eigenvalue weighted by Gasteiger charge is -2.30. The van der Waals surface area contributed by atoms with E-state index in [1.54, 1.807) is 11.3 Å². The fraction of sp³-hybridized carbons (Fsp3) is 0.429. The van der Waals surface area contributed by atoms with Crippen molar-refractivity contribution in [3.8, 4) is 6.07 Å². The molecule has 2 aliphatic carbocycles. The molecule has 0 fully saturated rings. The SMILES string of the molecule is C[NH+](CC(=O)Nc1sc2c(c1C#N)CCC2)[C@@H]1CCCc2ccccc21. The van der Waals surface area contributed by atoms with E-state index in [-0.39, 0.29) is 5.91 Å². The van der Waals surface area contributed by atoms with Gasteiger partial charge in [0.05, 0.1) is 12.6 Å². The number of fused-ring (bicyclic) bond motifs is 2. The van der Waals surface area contributed by atoms with Gasteiger partial charge in [0.2, 0.25) is 0 Å². The van der Waals surface area contributed by atoms with Gasteiger partial charge in [-0.15, -0.1) is 11.3 Å². The Hall–Kier alpha value is -2.16. The number of carbonyl (C=O) groups is 1. The van der Waals surface area contributed by atoms with E-state index in [2.05, 4.69) is 42.7 Å². The molecular weight excluding hydrogens is 342 g/mol. The number of hydrogen-bond acceptors (Lipinski definition) is 3. The number of amides is 1. The number of nitriles is 1. The van der Waals surface area contributed by atoms with Gasteiger partial charge in [0.25, 0.3) is 5.91 Å². The van der Waals surface area contributed by atoms with Crippen LogP contribution in [0.2, 0.25) is 0 Å². The number of carbonyl (C=O) groups excluding carboxylic acids is 1. The molecule has 2 aliphatic rings. The summed E-state index contributed by atoms with van der Waals surface area (Å²) in [6.07, 6.45) is 6.56. The second kappa shape index (κ2) is 7.22. The molecular formula is C21H24N3OS+. The summed E-state index contributed by atoms with van der Waals surface area (Å²) in [5, 5.41) is 13.2. The Balaban J connectivity index is 1.46. The van der Waals surface area contributed by atoms with Crippen molar-refractivity contribution in [2.45, 2.75) is 44.6 Å². The highest BCUT2D eigenvalue weighted by molar-refractivity contribution is 7.16. The molecule has 0 saturated heterocycles. The molecule has 1 aromatic heterocycles. The first-order chi connectivity index (χ1) is 12.7. The van der Waals surface area contributed by atoms with Crippen molar-refractivity contribution in [1.82, 2.24) is 0 Å². The third-order valence-electron chi connectivity index (χ3n) is 5.69. The summed E-state index contributed by atoms with van der Waals surface area (Å²) in [5.41, 5.74) is 4.66. The van der Waals surface area contributed by atoms with Crippen LogP contribution in [0.3, 0.4) is 0 Å². The lowest BCUT2D eigenvalue weighted by molar-refractivity contribution is -0.905. The maximum Gasteiger partial charge on any atom is 0.280 e. The molecule has 4 rings (SSSR count). The van der Waals surface area contributed by atoms with E-state index in [0.29, 0.717) is 18.2 Å². The lowest BCUT2D eigenvalue weighted by Crippen LogP contribution is -3.10. The summed E-state index contributed by atoms with van der Waals surface area (Å²) < 4.78 is 0. The van der Waals surface area contributed by atoms with Crippen LogP contribution in [0.1, 0.15) is 52.4 Å². The smallest absolute Gasteiger partial charge is 0.280 e. The molecule has 2 aromatic rings. The number of nitrogens with zero attached hydrogens (tertiary/aromatic N) is 1. The molecule has 0 saturated carbocycles. The van der Waals surface area contributed by atoms with Crippen LogP contribution in [0.15, 0.2) is 24.3 Å². The summed E-state index contributed by atoms with van der Waals surface area (Å²) in [5.74, 6) is 0.00183. The highest BCUT2D eigenvalue weighted by atomic mass is 32.1. The molecule has 26 heavy (non-hydrogen) atoms. The van der Waals surface area contributed by atoms with Gasteiger partial charge >= 0.3 is 0 Å². The maximum absolute atomic E-state index is 12.6. The number of thiophene rings is 1. The minimum absolute atomic E-state index is 0.00183. The fourth-order valence-corrected chi connectivity index (χ4v) is 5.68. The highest BCUT2D eigenvalue weighted by Gasteiger charge is 2.29. The molecule has 2 atom stereocenters. The summed E-state index contributed by atoms with van der Waals surface area (Å²) >= 11 is 1.59. The van der Waals surface area contributed by atoms with Gasteiger partial charge in [-0.3, -0.25) is 4.79 Å². The predicted molar refractivity (Wildman–Crippen MR) is 104 cm³/mol. The molecule has 0 spiro atoms. The van der Waals surface area contributed by atoms with Crippen LogP contribution in [-0.4, -0.2) is 19.5 Å². The topological polar surface area (TPSA) is 57.3 Å². The van der Waals surface area contributed by atoms with Crippen molar-refractivity contribution >= 4 is 22.2 Å². The number of anilines is 1. The first-order valence-corrected chi connectivity index (χ1v) is 10.2. The summed E-state index contributed by atoms with van der Waals surface area (Å²) in [4.78, 5) is 15.1. The molecule has 4 nitrogen and oxygen atoms in total. The van der Waals surface area contributed by atoms with Crippen molar-refractivity contribution in [2.75, 3.05) is 18.9 Å². The van der Waals surface area contributed by atoms with E-state index < -0.39 is 0 Å². The molecule has 5 heteroatoms. The van der Waals surface area contributed by atoms with Gasteiger partial charge in [-0.05, 0) is 43.2 Å². The fourth-order valence-electron chi connectivity index (χ4n) is 4.42. The largest absolute Gasteiger partial charge is 0.323 e. The van der Waals surface area contributed by atoms with Crippen LogP contribution in [-0.2, 0) is 24.1 Å². The van der Waals surface area contributed by atoms with Gasteiger partial charge in [-0.2, -0.15) is 5.26 Å². The van der Waals surface area contributed by atoms with Crippen LogP contribution < -0.4 is 10.2 Å². The second-order valence-corrected chi connectivity index (χ2v) is 8.49. The lowest BCUT2D eigenvalue weighted by atomic mass is 9.87. The monoisotopic (exact) mass is 366 g/mol. The molecule has 2 N–H and O–H groups in total. The normalized spacial score (nSPS) is 19.3. The third-order valence-corrected chi connectivity index (χ3v) is 6.90. The zero-order valence-electron chi connectivity index (χ0n) is 15.1. The van der Waals surface area contributed by atoms with Crippen LogP contribution >= 0.6 is 11.3 Å². The maximum atomic E-state index is 12.6. The zero-order chi connectivity index (χ0) is 18.1. The molecule has 1 amide bonds. The van der Waals surface area contributed by atoms with Crippen molar-refractivity contribution in [1.29, 1.82) is 5.26 Å². The van der Waals surface area contributed by atoms with E-state index in [1.807, 2.05) is 0 Å². The number of benzene rings is 1. The van der Waals surface area contributed by atoms with Crippen LogP contribution in [0.25, 0.3) is 0 Å². The van der Waals surface area contributed by atoms with E-state index in [1.165, 1.54) is 27.3 Å². The van der Waals surface area contributed by atoms with Gasteiger partial charge in [-0.1, -0.05) is 24.3 Å². The van der Waals surface area contributed by atoms with Crippen LogP contribution in [0.4, 0.5) is 5.00 Å². The van der Waals surface area contributed by atoms with Gasteiger partial charge in [0.1, 0.15) is 17.1 Å². The number of quaternary nitrogens is 1. The van der Waals surface area contributed by atoms with Crippen LogP contribution in [0.5, 0.6) is 0 Å². The van der Waals surface area contributed by atoms with E-state index in [4.69, 9.17) is 0 Å². The summed E-state index contributed by atoms with van der Waals surface area (Å²) in [6.45, 7) is 0.423. The Morgan fingerprint density at radius 2 is 2.15 bits per heavy atom. The van der Waals surface area contributed by atoms with Gasteiger partial charge in [0.15, 0.2) is 6.54 Å². The molecule has 0 aliphatic heterocycles. The summed E-state index contributed by atoms with van der Waals surface area (Å²) in [7, 11) is 2.10. The first-order valence-electron chi connectivity index (χ1n) is 9.42. The quantitative estimate of drug-likeness (QED) is 0.874. The molecule has 0 bridgehead atoms. The first kappa shape index (κ1) is 17.3. The Labute approximate surface area is 158 Å². The van der Waals surface area contributed by atoms with E-state index in [0.717, 1.165) is 42.7 Å². The molecule has 134 valence electrons. The van der Waals surface area contributed by atoms with Gasteiger partial charge in [0, 0.05) is 16.9 Å². The minimum atomic E-state index is 0.00183. The number of rotatable bonds is 4. The summed E-state index contributed by atoms with van der Waals surface area (Å²) in [6, 6.07) is 11.3. The number of nitrogens with one attached hydrogen (secondary N) is 2. The van der Waals surface area contributed by atoms with E-state index in [9.17, 15) is 10.1 Å². The average Bonchev–Trinajstić information content (AvgIpc) is 3.21. The van der Waals surface area contributed by atoms with Crippen molar-refractivity contribution in [2.24, 2.45) is 0 Å². The van der Waals surface area contributed by atoms with Gasteiger partial charge < -0.3 is 10.2 Å². The minimum Gasteiger partial charge on any atom is -0.323 e. The van der Waals surface area contributed by atoms with Crippen molar-refractivity contribution < 1.29 is 9.69 Å². The van der Waals surface area contributed by atoms with Gasteiger partial charge in [-0.25, -0.2) is 0 Å². The molecule has 0 radical (unpaired) electrons. The Kier molecular flexibility index (Phi) is 4.80. The average molecular weight is 367 g/mol. The molecule has 1 aromatic carbocycles. The van der Waals surface area contributed by atoms with Crippen molar-refractivity contribution in [3.63, 3.8) is 0 Å². The number of aryl methyl sites for hydroxylation is 2. The second-order valence-electron chi connectivity index (χ2n) is 7.39. The Morgan fingerprint density at radius 3 is 3.00 bits per heavy atom. The standard InChI is InChI=1S/C21H23N3OS/c1-24(18-10-4-7-14-6-2-3-8-15(14)18)13-20(25)23-21-17(12-22)16-9-5-11-19(16)26-21/h2-3,6,8,18H,4-5,7,9-11,13H2,1H3,(H,23,25)/p+1/t18-/m1/s1. The predicted octanol–water partition coefficient (Wildman–Crippen LogP) is 2.64.